The van der Waals surface area contributed by atoms with Gasteiger partial charge in [0.15, 0.2) is 0 Å². The van der Waals surface area contributed by atoms with Crippen LogP contribution in [-0.2, 0) is 12.8 Å². The van der Waals surface area contributed by atoms with Crippen molar-refractivity contribution in [2.75, 3.05) is 33.9 Å². The summed E-state index contributed by atoms with van der Waals surface area (Å²) in [6.45, 7) is 7.47. The van der Waals surface area contributed by atoms with Crippen molar-refractivity contribution in [2.24, 2.45) is 11.8 Å². The maximum atomic E-state index is 5.53. The number of H-pyrrole nitrogens is 2. The van der Waals surface area contributed by atoms with E-state index in [0.29, 0.717) is 23.9 Å². The van der Waals surface area contributed by atoms with Crippen molar-refractivity contribution in [3.63, 3.8) is 0 Å². The van der Waals surface area contributed by atoms with Gasteiger partial charge in [-0.15, -0.1) is 6.58 Å². The maximum Gasteiger partial charge on any atom is 0.119 e. The van der Waals surface area contributed by atoms with Crippen LogP contribution in [0.1, 0.15) is 47.4 Å². The Morgan fingerprint density at radius 3 is 2.30 bits per heavy atom. The minimum Gasteiger partial charge on any atom is -0.497 e. The molecule has 4 atom stereocenters. The lowest BCUT2D eigenvalue weighted by Gasteiger charge is -2.46. The van der Waals surface area contributed by atoms with Crippen molar-refractivity contribution >= 4 is 21.8 Å². The van der Waals surface area contributed by atoms with Crippen LogP contribution < -0.4 is 14.8 Å². The fourth-order valence-electron chi connectivity index (χ4n) is 7.35. The zero-order valence-corrected chi connectivity index (χ0v) is 21.8. The van der Waals surface area contributed by atoms with Crippen molar-refractivity contribution in [2.45, 2.75) is 37.8 Å². The molecule has 2 aromatic heterocycles. The summed E-state index contributed by atoms with van der Waals surface area (Å²) in [7, 11) is 3.49. The number of methoxy groups -OCH3 is 2. The molecule has 0 spiro atoms. The summed E-state index contributed by atoms with van der Waals surface area (Å²) < 4.78 is 11.0. The molecule has 0 amide bonds. The normalized spacial score (nSPS) is 25.5. The highest BCUT2D eigenvalue weighted by Crippen LogP contribution is 2.46. The summed E-state index contributed by atoms with van der Waals surface area (Å²) in [4.78, 5) is 10.3. The fraction of sp³-hybridized carbons (Fsp3) is 0.419. The summed E-state index contributed by atoms with van der Waals surface area (Å²) in [5, 5.41) is 6.48. The largest absolute Gasteiger partial charge is 0.497 e. The van der Waals surface area contributed by atoms with E-state index < -0.39 is 0 Å². The molecule has 6 nitrogen and oxygen atoms in total. The SMILES string of the molecule is C=CC1CN2CCc3c([nH]c4ccc(OC)cc34)[C@@H]2C[C@@H]1C[C@@H]1NCCc2c1[nH]c1ccc(OC)cc21. The first kappa shape index (κ1) is 22.9. The minimum absolute atomic E-state index is 0.330. The number of nitrogens with zero attached hydrogens (tertiary/aromatic N) is 1. The number of fused-ring (bicyclic) bond motifs is 8. The highest BCUT2D eigenvalue weighted by Gasteiger charge is 2.40. The highest BCUT2D eigenvalue weighted by atomic mass is 16.5. The van der Waals surface area contributed by atoms with Gasteiger partial charge in [-0.2, -0.15) is 0 Å². The molecule has 5 heterocycles. The number of aromatic amines is 2. The Morgan fingerprint density at radius 1 is 0.946 bits per heavy atom. The van der Waals surface area contributed by atoms with Crippen LogP contribution in [0, 0.1) is 11.8 Å². The van der Waals surface area contributed by atoms with Crippen molar-refractivity contribution in [3.8, 4) is 11.5 Å². The predicted octanol–water partition coefficient (Wildman–Crippen LogP) is 5.66. The number of rotatable bonds is 5. The lowest BCUT2D eigenvalue weighted by molar-refractivity contribution is 0.0623. The first-order valence-electron chi connectivity index (χ1n) is 13.6. The molecule has 7 rings (SSSR count). The Balaban J connectivity index is 1.20. The van der Waals surface area contributed by atoms with Crippen LogP contribution in [0.15, 0.2) is 49.1 Å². The molecule has 37 heavy (non-hydrogen) atoms. The van der Waals surface area contributed by atoms with Gasteiger partial charge in [-0.25, -0.2) is 0 Å². The molecule has 192 valence electrons. The van der Waals surface area contributed by atoms with E-state index in [1.54, 1.807) is 14.2 Å². The smallest absolute Gasteiger partial charge is 0.119 e. The Hall–Kier alpha value is -3.22. The van der Waals surface area contributed by atoms with Crippen LogP contribution in [0.5, 0.6) is 11.5 Å². The molecular formula is C31H36N4O2. The first-order valence-corrected chi connectivity index (χ1v) is 13.6. The number of ether oxygens (including phenoxy) is 2. The van der Waals surface area contributed by atoms with Crippen molar-refractivity contribution < 1.29 is 9.47 Å². The minimum atomic E-state index is 0.330. The molecular weight excluding hydrogens is 460 g/mol. The second-order valence-electron chi connectivity index (χ2n) is 11.0. The molecule has 6 heteroatoms. The van der Waals surface area contributed by atoms with Crippen LogP contribution in [0.3, 0.4) is 0 Å². The van der Waals surface area contributed by atoms with Gasteiger partial charge in [0, 0.05) is 52.3 Å². The molecule has 0 saturated carbocycles. The molecule has 1 fully saturated rings. The van der Waals surface area contributed by atoms with Gasteiger partial charge in [0.05, 0.1) is 20.3 Å². The number of nitrogens with one attached hydrogen (secondary N) is 3. The topological polar surface area (TPSA) is 65.3 Å². The Kier molecular flexibility index (Phi) is 5.56. The number of piperidine rings is 1. The van der Waals surface area contributed by atoms with Gasteiger partial charge in [0.2, 0.25) is 0 Å². The molecule has 0 radical (unpaired) electrons. The highest BCUT2D eigenvalue weighted by molar-refractivity contribution is 5.87. The molecule has 3 N–H and O–H groups in total. The number of hydrogen-bond acceptors (Lipinski definition) is 4. The molecule has 1 unspecified atom stereocenters. The van der Waals surface area contributed by atoms with E-state index in [-0.39, 0.29) is 0 Å². The van der Waals surface area contributed by atoms with Gasteiger partial charge in [0.1, 0.15) is 11.5 Å². The number of hydrogen-bond donors (Lipinski definition) is 3. The quantitative estimate of drug-likeness (QED) is 0.312. The summed E-state index contributed by atoms with van der Waals surface area (Å²) in [6.07, 6.45) is 6.61. The standard InChI is InChI=1S/C31H36N4O2/c1-4-18-17-35-12-10-23-25-16-21(37-3)6-8-27(25)34-31(23)29(35)14-19(18)13-28-30-22(9-11-32-28)24-15-20(36-2)5-7-26(24)33-30/h4-8,15-16,18-19,28-29,32-34H,1,9-14,17H2,2-3H3/t18?,19-,28-,29-/m0/s1. The van der Waals surface area contributed by atoms with E-state index in [1.165, 1.54) is 44.3 Å². The summed E-state index contributed by atoms with van der Waals surface area (Å²) in [6, 6.07) is 13.6. The van der Waals surface area contributed by atoms with E-state index in [0.717, 1.165) is 56.8 Å². The van der Waals surface area contributed by atoms with Gasteiger partial charge in [-0.3, -0.25) is 4.90 Å². The van der Waals surface area contributed by atoms with Crippen LogP contribution in [0.2, 0.25) is 0 Å². The lowest BCUT2D eigenvalue weighted by Crippen LogP contribution is -2.46. The van der Waals surface area contributed by atoms with E-state index in [9.17, 15) is 0 Å². The third kappa shape index (κ3) is 3.69. The third-order valence-corrected chi connectivity index (χ3v) is 9.25. The summed E-state index contributed by atoms with van der Waals surface area (Å²) in [5.41, 5.74) is 8.14. The Labute approximate surface area is 218 Å². The predicted molar refractivity (Wildman–Crippen MR) is 149 cm³/mol. The molecule has 0 bridgehead atoms. The van der Waals surface area contributed by atoms with E-state index >= 15 is 0 Å². The van der Waals surface area contributed by atoms with Crippen LogP contribution >= 0.6 is 0 Å². The van der Waals surface area contributed by atoms with Crippen LogP contribution in [-0.4, -0.2) is 48.7 Å². The summed E-state index contributed by atoms with van der Waals surface area (Å²) in [5.74, 6) is 2.92. The maximum absolute atomic E-state index is 5.53. The monoisotopic (exact) mass is 496 g/mol. The van der Waals surface area contributed by atoms with Gasteiger partial charge in [0.25, 0.3) is 0 Å². The zero-order chi connectivity index (χ0) is 25.1. The van der Waals surface area contributed by atoms with Crippen molar-refractivity contribution in [3.05, 3.63) is 71.6 Å². The molecule has 3 aliphatic heterocycles. The molecule has 1 saturated heterocycles. The van der Waals surface area contributed by atoms with Crippen LogP contribution in [0.4, 0.5) is 0 Å². The molecule has 0 aliphatic carbocycles. The molecule has 4 aromatic rings. The summed E-state index contributed by atoms with van der Waals surface area (Å²) >= 11 is 0. The van der Waals surface area contributed by atoms with Crippen LogP contribution in [0.25, 0.3) is 21.8 Å². The fourth-order valence-corrected chi connectivity index (χ4v) is 7.35. The second kappa shape index (κ2) is 8.96. The third-order valence-electron chi connectivity index (χ3n) is 9.25. The Bertz CT molecular complexity index is 1480. The van der Waals surface area contributed by atoms with Gasteiger partial charge >= 0.3 is 0 Å². The van der Waals surface area contributed by atoms with E-state index in [1.807, 2.05) is 6.07 Å². The van der Waals surface area contributed by atoms with Crippen molar-refractivity contribution in [1.29, 1.82) is 0 Å². The molecule has 3 aliphatic rings. The van der Waals surface area contributed by atoms with E-state index in [4.69, 9.17) is 9.47 Å². The number of aromatic nitrogens is 2. The average Bonchev–Trinajstić information content (AvgIpc) is 3.51. The lowest BCUT2D eigenvalue weighted by atomic mass is 9.75. The van der Waals surface area contributed by atoms with E-state index in [2.05, 4.69) is 63.2 Å². The van der Waals surface area contributed by atoms with Gasteiger partial charge in [-0.05, 0) is 91.6 Å². The number of benzene rings is 2. The first-order chi connectivity index (χ1) is 18.2. The average molecular weight is 497 g/mol. The zero-order valence-electron chi connectivity index (χ0n) is 21.8. The van der Waals surface area contributed by atoms with Crippen molar-refractivity contribution in [1.82, 2.24) is 20.2 Å². The van der Waals surface area contributed by atoms with Gasteiger partial charge < -0.3 is 24.8 Å². The second-order valence-corrected chi connectivity index (χ2v) is 11.0. The Morgan fingerprint density at radius 2 is 1.62 bits per heavy atom. The van der Waals surface area contributed by atoms with Gasteiger partial charge in [-0.1, -0.05) is 6.08 Å². The molecule has 2 aromatic carbocycles.